The molecule has 0 aromatic carbocycles. The molecule has 0 radical (unpaired) electrons. The lowest BCUT2D eigenvalue weighted by Crippen LogP contribution is -2.15. The molecule has 0 spiro atoms. The van der Waals surface area contributed by atoms with Crippen LogP contribution in [0.25, 0.3) is 5.65 Å². The van der Waals surface area contributed by atoms with Gasteiger partial charge in [-0.05, 0) is 18.6 Å². The van der Waals surface area contributed by atoms with Crippen LogP contribution in [0.4, 0.5) is 5.82 Å². The van der Waals surface area contributed by atoms with Gasteiger partial charge in [0.1, 0.15) is 5.82 Å². The highest BCUT2D eigenvalue weighted by Gasteiger charge is 2.01. The predicted molar refractivity (Wildman–Crippen MR) is 69.4 cm³/mol. The molecule has 0 amide bonds. The molecule has 2 aromatic heterocycles. The van der Waals surface area contributed by atoms with Gasteiger partial charge >= 0.3 is 5.69 Å². The van der Waals surface area contributed by atoms with E-state index in [1.807, 2.05) is 0 Å². The summed E-state index contributed by atoms with van der Waals surface area (Å²) < 4.78 is 11.4. The fraction of sp³-hybridized carbons (Fsp3) is 0.545. The van der Waals surface area contributed by atoms with E-state index in [1.165, 1.54) is 4.52 Å². The SMILES string of the molecule is COCCOCCCNc1ccc2n[nH]c(=O)n2n1. The molecule has 2 rings (SSSR count). The number of nitrogens with one attached hydrogen (secondary N) is 2. The molecule has 8 heteroatoms. The number of fused-ring (bicyclic) bond motifs is 1. The van der Waals surface area contributed by atoms with Crippen molar-refractivity contribution in [1.29, 1.82) is 0 Å². The highest BCUT2D eigenvalue weighted by molar-refractivity contribution is 5.42. The molecule has 104 valence electrons. The topological polar surface area (TPSA) is 93.5 Å². The van der Waals surface area contributed by atoms with Crippen molar-refractivity contribution < 1.29 is 9.47 Å². The van der Waals surface area contributed by atoms with Crippen LogP contribution in [-0.4, -0.2) is 53.3 Å². The Hall–Kier alpha value is -1.93. The molecule has 2 aromatic rings. The van der Waals surface area contributed by atoms with Crippen molar-refractivity contribution in [3.05, 3.63) is 22.6 Å². The Labute approximate surface area is 109 Å². The monoisotopic (exact) mass is 267 g/mol. The van der Waals surface area contributed by atoms with E-state index in [9.17, 15) is 4.79 Å². The van der Waals surface area contributed by atoms with Crippen molar-refractivity contribution in [3.8, 4) is 0 Å². The summed E-state index contributed by atoms with van der Waals surface area (Å²) in [5.74, 6) is 0.632. The number of anilines is 1. The smallest absolute Gasteiger partial charge is 0.364 e. The summed E-state index contributed by atoms with van der Waals surface area (Å²) in [6.45, 7) is 2.59. The first-order valence-electron chi connectivity index (χ1n) is 6.06. The number of methoxy groups -OCH3 is 1. The Kier molecular flexibility index (Phi) is 4.87. The zero-order valence-corrected chi connectivity index (χ0v) is 10.8. The molecule has 0 aliphatic rings. The first-order chi connectivity index (χ1) is 9.31. The Morgan fingerprint density at radius 1 is 1.37 bits per heavy atom. The van der Waals surface area contributed by atoms with Gasteiger partial charge in [0.2, 0.25) is 0 Å². The first-order valence-corrected chi connectivity index (χ1v) is 6.06. The maximum absolute atomic E-state index is 11.3. The highest BCUT2D eigenvalue weighted by Crippen LogP contribution is 2.02. The zero-order chi connectivity index (χ0) is 13.5. The third kappa shape index (κ3) is 3.76. The molecule has 0 unspecified atom stereocenters. The fourth-order valence-corrected chi connectivity index (χ4v) is 1.53. The Morgan fingerprint density at radius 3 is 3.11 bits per heavy atom. The predicted octanol–water partition coefficient (Wildman–Crippen LogP) is -0.117. The number of hydrogen-bond donors (Lipinski definition) is 2. The summed E-state index contributed by atoms with van der Waals surface area (Å²) in [5, 5.41) is 13.4. The largest absolute Gasteiger partial charge is 0.382 e. The minimum absolute atomic E-state index is 0.346. The summed E-state index contributed by atoms with van der Waals surface area (Å²) >= 11 is 0. The van der Waals surface area contributed by atoms with E-state index in [4.69, 9.17) is 9.47 Å². The third-order valence-electron chi connectivity index (χ3n) is 2.48. The Morgan fingerprint density at radius 2 is 2.26 bits per heavy atom. The van der Waals surface area contributed by atoms with Crippen LogP contribution in [0.5, 0.6) is 0 Å². The van der Waals surface area contributed by atoms with Crippen LogP contribution in [0.3, 0.4) is 0 Å². The molecule has 0 atom stereocenters. The molecular formula is C11H17N5O3. The van der Waals surface area contributed by atoms with Crippen LogP contribution < -0.4 is 11.0 Å². The van der Waals surface area contributed by atoms with Gasteiger partial charge in [0.05, 0.1) is 13.2 Å². The number of ether oxygens (including phenoxy) is 2. The van der Waals surface area contributed by atoms with Crippen LogP contribution in [0.1, 0.15) is 6.42 Å². The van der Waals surface area contributed by atoms with E-state index in [1.54, 1.807) is 19.2 Å². The average Bonchev–Trinajstić information content (AvgIpc) is 2.79. The second kappa shape index (κ2) is 6.86. The molecule has 2 heterocycles. The average molecular weight is 267 g/mol. The highest BCUT2D eigenvalue weighted by atomic mass is 16.5. The van der Waals surface area contributed by atoms with Crippen molar-refractivity contribution >= 4 is 11.5 Å². The molecule has 0 bridgehead atoms. The number of hydrogen-bond acceptors (Lipinski definition) is 6. The maximum atomic E-state index is 11.3. The number of rotatable bonds is 8. The van der Waals surface area contributed by atoms with Crippen molar-refractivity contribution in [1.82, 2.24) is 19.8 Å². The summed E-state index contributed by atoms with van der Waals surface area (Å²) in [4.78, 5) is 11.3. The van der Waals surface area contributed by atoms with E-state index < -0.39 is 0 Å². The summed E-state index contributed by atoms with van der Waals surface area (Å²) in [6.07, 6.45) is 0.851. The lowest BCUT2D eigenvalue weighted by molar-refractivity contribution is 0.0705. The molecule has 0 aliphatic carbocycles. The first kappa shape index (κ1) is 13.5. The molecule has 8 nitrogen and oxygen atoms in total. The number of nitrogens with zero attached hydrogens (tertiary/aromatic N) is 3. The summed E-state index contributed by atoms with van der Waals surface area (Å²) in [6, 6.07) is 3.50. The maximum Gasteiger partial charge on any atom is 0.364 e. The van der Waals surface area contributed by atoms with E-state index >= 15 is 0 Å². The van der Waals surface area contributed by atoms with E-state index in [-0.39, 0.29) is 5.69 Å². The van der Waals surface area contributed by atoms with E-state index in [2.05, 4.69) is 20.6 Å². The standard InChI is InChI=1S/C11H17N5O3/c1-18-7-8-19-6-2-5-12-9-3-4-10-13-14-11(17)16(10)15-9/h3-4H,2,5-8H2,1H3,(H,12,15)(H,14,17). The van der Waals surface area contributed by atoms with Gasteiger partial charge in [-0.25, -0.2) is 9.89 Å². The van der Waals surface area contributed by atoms with Gasteiger partial charge in [-0.2, -0.15) is 9.61 Å². The van der Waals surface area contributed by atoms with Crippen molar-refractivity contribution in [2.45, 2.75) is 6.42 Å². The summed E-state index contributed by atoms with van der Waals surface area (Å²) in [7, 11) is 1.64. The molecule has 0 saturated carbocycles. The van der Waals surface area contributed by atoms with Crippen LogP contribution >= 0.6 is 0 Å². The number of aromatic amines is 1. The second-order valence-electron chi connectivity index (χ2n) is 3.90. The van der Waals surface area contributed by atoms with Crippen LogP contribution in [0.2, 0.25) is 0 Å². The quantitative estimate of drug-likeness (QED) is 0.648. The van der Waals surface area contributed by atoms with Crippen LogP contribution in [0, 0.1) is 0 Å². The van der Waals surface area contributed by atoms with Gasteiger partial charge in [0, 0.05) is 20.3 Å². The van der Waals surface area contributed by atoms with Crippen molar-refractivity contribution in [3.63, 3.8) is 0 Å². The molecule has 19 heavy (non-hydrogen) atoms. The van der Waals surface area contributed by atoms with Crippen molar-refractivity contribution in [2.75, 3.05) is 38.8 Å². The lowest BCUT2D eigenvalue weighted by Gasteiger charge is -2.06. The molecule has 0 saturated heterocycles. The van der Waals surface area contributed by atoms with E-state index in [0.717, 1.165) is 13.0 Å². The fourth-order valence-electron chi connectivity index (χ4n) is 1.53. The minimum Gasteiger partial charge on any atom is -0.382 e. The Bertz CT molecular complexity index is 565. The van der Waals surface area contributed by atoms with Gasteiger partial charge in [0.15, 0.2) is 5.65 Å². The normalized spacial score (nSPS) is 11.0. The van der Waals surface area contributed by atoms with E-state index in [0.29, 0.717) is 31.3 Å². The lowest BCUT2D eigenvalue weighted by atomic mass is 10.4. The number of H-pyrrole nitrogens is 1. The molecule has 2 N–H and O–H groups in total. The second-order valence-corrected chi connectivity index (χ2v) is 3.90. The third-order valence-corrected chi connectivity index (χ3v) is 2.48. The summed E-state index contributed by atoms with van der Waals surface area (Å²) in [5.41, 5.74) is 0.153. The van der Waals surface area contributed by atoms with Crippen LogP contribution in [-0.2, 0) is 9.47 Å². The van der Waals surface area contributed by atoms with Gasteiger partial charge < -0.3 is 14.8 Å². The van der Waals surface area contributed by atoms with Crippen molar-refractivity contribution in [2.24, 2.45) is 0 Å². The van der Waals surface area contributed by atoms with Gasteiger partial charge in [0.25, 0.3) is 0 Å². The number of aromatic nitrogens is 4. The minimum atomic E-state index is -0.346. The zero-order valence-electron chi connectivity index (χ0n) is 10.8. The molecule has 0 fully saturated rings. The van der Waals surface area contributed by atoms with Gasteiger partial charge in [-0.1, -0.05) is 0 Å². The van der Waals surface area contributed by atoms with Gasteiger partial charge in [-0.15, -0.1) is 5.10 Å². The van der Waals surface area contributed by atoms with Crippen LogP contribution in [0.15, 0.2) is 16.9 Å². The Balaban J connectivity index is 1.75. The van der Waals surface area contributed by atoms with Gasteiger partial charge in [-0.3, -0.25) is 0 Å². The molecule has 0 aliphatic heterocycles. The molecular weight excluding hydrogens is 250 g/mol.